The highest BCUT2D eigenvalue weighted by Crippen LogP contribution is 2.18. The molecule has 0 bridgehead atoms. The van der Waals surface area contributed by atoms with Gasteiger partial charge in [0, 0.05) is 18.8 Å². The van der Waals surface area contributed by atoms with Gasteiger partial charge in [-0.15, -0.1) is 0 Å². The molecule has 76 valence electrons. The second kappa shape index (κ2) is 3.44. The van der Waals surface area contributed by atoms with Gasteiger partial charge in [-0.25, -0.2) is 0 Å². The van der Waals surface area contributed by atoms with Gasteiger partial charge in [-0.3, -0.25) is 9.89 Å². The maximum Gasteiger partial charge on any atom is 0.257 e. The van der Waals surface area contributed by atoms with Gasteiger partial charge in [-0.05, 0) is 19.3 Å². The van der Waals surface area contributed by atoms with Crippen molar-refractivity contribution in [3.05, 3.63) is 17.5 Å². The predicted molar refractivity (Wildman–Crippen MR) is 53.0 cm³/mol. The minimum Gasteiger partial charge on any atom is -0.338 e. The van der Waals surface area contributed by atoms with Crippen LogP contribution in [0, 0.1) is 12.8 Å². The van der Waals surface area contributed by atoms with E-state index < -0.39 is 0 Å². The van der Waals surface area contributed by atoms with Gasteiger partial charge in [0.05, 0.1) is 11.8 Å². The molecule has 0 aromatic carbocycles. The van der Waals surface area contributed by atoms with Crippen LogP contribution < -0.4 is 0 Å². The zero-order valence-corrected chi connectivity index (χ0v) is 8.58. The van der Waals surface area contributed by atoms with E-state index in [-0.39, 0.29) is 5.91 Å². The molecule has 1 unspecified atom stereocenters. The Balaban J connectivity index is 2.13. The molecule has 2 rings (SSSR count). The van der Waals surface area contributed by atoms with Crippen LogP contribution in [0.15, 0.2) is 6.20 Å². The number of H-pyrrole nitrogens is 1. The molecular formula is C10H15N3O. The van der Waals surface area contributed by atoms with E-state index in [0.29, 0.717) is 11.5 Å². The van der Waals surface area contributed by atoms with Crippen LogP contribution in [0.2, 0.25) is 0 Å². The molecule has 1 atom stereocenters. The molecule has 0 spiro atoms. The van der Waals surface area contributed by atoms with Gasteiger partial charge in [0.15, 0.2) is 0 Å². The summed E-state index contributed by atoms with van der Waals surface area (Å²) in [6.45, 7) is 5.81. The lowest BCUT2D eigenvalue weighted by Crippen LogP contribution is -2.28. The summed E-state index contributed by atoms with van der Waals surface area (Å²) in [5, 5.41) is 6.65. The Hall–Kier alpha value is -1.32. The molecule has 1 saturated heterocycles. The van der Waals surface area contributed by atoms with E-state index in [4.69, 9.17) is 0 Å². The number of aryl methyl sites for hydroxylation is 1. The molecule has 1 amide bonds. The van der Waals surface area contributed by atoms with E-state index in [0.717, 1.165) is 25.2 Å². The molecule has 1 aromatic rings. The molecule has 0 saturated carbocycles. The van der Waals surface area contributed by atoms with Crippen molar-refractivity contribution in [3.63, 3.8) is 0 Å². The summed E-state index contributed by atoms with van der Waals surface area (Å²) in [6, 6.07) is 0. The van der Waals surface area contributed by atoms with Gasteiger partial charge in [-0.2, -0.15) is 5.10 Å². The summed E-state index contributed by atoms with van der Waals surface area (Å²) in [7, 11) is 0. The molecule has 0 aliphatic carbocycles. The molecule has 1 fully saturated rings. The molecule has 0 radical (unpaired) electrons. The second-order valence-electron chi connectivity index (χ2n) is 4.05. The van der Waals surface area contributed by atoms with Crippen molar-refractivity contribution in [2.24, 2.45) is 5.92 Å². The summed E-state index contributed by atoms with van der Waals surface area (Å²) in [5.74, 6) is 0.742. The largest absolute Gasteiger partial charge is 0.338 e. The Bertz CT molecular complexity index is 345. The zero-order valence-electron chi connectivity index (χ0n) is 8.58. The van der Waals surface area contributed by atoms with E-state index in [9.17, 15) is 4.79 Å². The molecule has 1 aromatic heterocycles. The van der Waals surface area contributed by atoms with Gasteiger partial charge in [-0.1, -0.05) is 6.92 Å². The van der Waals surface area contributed by atoms with Gasteiger partial charge in [0.1, 0.15) is 0 Å². The topological polar surface area (TPSA) is 49.0 Å². The number of aromatic nitrogens is 2. The standard InChI is InChI=1S/C10H15N3O/c1-7-3-4-13(6-7)10(14)9-5-11-12-8(9)2/h5,7H,3-4,6H2,1-2H3,(H,11,12). The van der Waals surface area contributed by atoms with Crippen molar-refractivity contribution >= 4 is 5.91 Å². The lowest BCUT2D eigenvalue weighted by atomic mass is 10.2. The fraction of sp³-hybridized carbons (Fsp3) is 0.600. The molecule has 1 aliphatic rings. The van der Waals surface area contributed by atoms with Crippen molar-refractivity contribution in [1.82, 2.24) is 15.1 Å². The van der Waals surface area contributed by atoms with Crippen molar-refractivity contribution in [1.29, 1.82) is 0 Å². The zero-order chi connectivity index (χ0) is 10.1. The first-order valence-corrected chi connectivity index (χ1v) is 4.97. The first kappa shape index (κ1) is 9.24. The smallest absolute Gasteiger partial charge is 0.257 e. The van der Waals surface area contributed by atoms with E-state index >= 15 is 0 Å². The minimum atomic E-state index is 0.112. The quantitative estimate of drug-likeness (QED) is 0.728. The third-order valence-electron chi connectivity index (χ3n) is 2.77. The van der Waals surface area contributed by atoms with Crippen LogP contribution in [0.1, 0.15) is 29.4 Å². The minimum absolute atomic E-state index is 0.112. The fourth-order valence-corrected chi connectivity index (χ4v) is 1.86. The Morgan fingerprint density at radius 3 is 3.00 bits per heavy atom. The van der Waals surface area contributed by atoms with Crippen molar-refractivity contribution < 1.29 is 4.79 Å². The number of amides is 1. The number of rotatable bonds is 1. The fourth-order valence-electron chi connectivity index (χ4n) is 1.86. The average Bonchev–Trinajstić information content (AvgIpc) is 2.73. The van der Waals surface area contributed by atoms with Crippen LogP contribution in [-0.4, -0.2) is 34.1 Å². The number of nitrogens with zero attached hydrogens (tertiary/aromatic N) is 2. The summed E-state index contributed by atoms with van der Waals surface area (Å²) in [5.41, 5.74) is 1.56. The first-order chi connectivity index (χ1) is 6.68. The Kier molecular flexibility index (Phi) is 2.27. The molecular weight excluding hydrogens is 178 g/mol. The first-order valence-electron chi connectivity index (χ1n) is 4.97. The van der Waals surface area contributed by atoms with Crippen LogP contribution >= 0.6 is 0 Å². The van der Waals surface area contributed by atoms with E-state index in [2.05, 4.69) is 17.1 Å². The highest BCUT2D eigenvalue weighted by Gasteiger charge is 2.25. The lowest BCUT2D eigenvalue weighted by Gasteiger charge is -2.14. The van der Waals surface area contributed by atoms with Gasteiger partial charge >= 0.3 is 0 Å². The van der Waals surface area contributed by atoms with Crippen molar-refractivity contribution in [2.45, 2.75) is 20.3 Å². The summed E-state index contributed by atoms with van der Waals surface area (Å²) in [6.07, 6.45) is 2.73. The number of hydrogen-bond acceptors (Lipinski definition) is 2. The SMILES string of the molecule is Cc1[nH]ncc1C(=O)N1CCC(C)C1. The van der Waals surface area contributed by atoms with E-state index in [1.807, 2.05) is 11.8 Å². The number of likely N-dealkylation sites (tertiary alicyclic amines) is 1. The molecule has 1 N–H and O–H groups in total. The summed E-state index contributed by atoms with van der Waals surface area (Å²) < 4.78 is 0. The summed E-state index contributed by atoms with van der Waals surface area (Å²) >= 11 is 0. The number of carbonyl (C=O) groups is 1. The van der Waals surface area contributed by atoms with Crippen LogP contribution in [0.3, 0.4) is 0 Å². The molecule has 2 heterocycles. The van der Waals surface area contributed by atoms with Crippen LogP contribution in [0.4, 0.5) is 0 Å². The Morgan fingerprint density at radius 2 is 2.50 bits per heavy atom. The van der Waals surface area contributed by atoms with E-state index in [1.165, 1.54) is 0 Å². The molecule has 4 heteroatoms. The van der Waals surface area contributed by atoms with Crippen molar-refractivity contribution in [3.8, 4) is 0 Å². The van der Waals surface area contributed by atoms with E-state index in [1.54, 1.807) is 6.20 Å². The number of nitrogens with one attached hydrogen (secondary N) is 1. The molecule has 14 heavy (non-hydrogen) atoms. The molecule has 4 nitrogen and oxygen atoms in total. The third kappa shape index (κ3) is 1.52. The van der Waals surface area contributed by atoms with Gasteiger partial charge < -0.3 is 4.90 Å². The second-order valence-corrected chi connectivity index (χ2v) is 4.05. The highest BCUT2D eigenvalue weighted by atomic mass is 16.2. The van der Waals surface area contributed by atoms with Gasteiger partial charge in [0.2, 0.25) is 0 Å². The van der Waals surface area contributed by atoms with Gasteiger partial charge in [0.25, 0.3) is 5.91 Å². The maximum atomic E-state index is 11.9. The van der Waals surface area contributed by atoms with Crippen LogP contribution in [0.25, 0.3) is 0 Å². The molecule has 1 aliphatic heterocycles. The van der Waals surface area contributed by atoms with Crippen molar-refractivity contribution in [2.75, 3.05) is 13.1 Å². The van der Waals surface area contributed by atoms with Crippen LogP contribution in [0.5, 0.6) is 0 Å². The predicted octanol–water partition coefficient (Wildman–Crippen LogP) is 1.20. The van der Waals surface area contributed by atoms with Crippen LogP contribution in [-0.2, 0) is 0 Å². The number of carbonyl (C=O) groups excluding carboxylic acids is 1. The summed E-state index contributed by atoms with van der Waals surface area (Å²) in [4.78, 5) is 13.8. The lowest BCUT2D eigenvalue weighted by molar-refractivity contribution is 0.0787. The number of aromatic amines is 1. The Morgan fingerprint density at radius 1 is 1.71 bits per heavy atom. The average molecular weight is 193 g/mol. The Labute approximate surface area is 83.3 Å². The normalized spacial score (nSPS) is 21.6. The maximum absolute atomic E-state index is 11.9. The monoisotopic (exact) mass is 193 g/mol. The highest BCUT2D eigenvalue weighted by molar-refractivity contribution is 5.95. The number of hydrogen-bond donors (Lipinski definition) is 1. The third-order valence-corrected chi connectivity index (χ3v) is 2.77.